The third-order valence-electron chi connectivity index (χ3n) is 2.99. The molecule has 2 rings (SSSR count). The van der Waals surface area contributed by atoms with Gasteiger partial charge < -0.3 is 9.88 Å². The fraction of sp³-hybridized carbons (Fsp3) is 0.357. The largest absolute Gasteiger partial charge is 0.379 e. The van der Waals surface area contributed by atoms with E-state index in [1.54, 1.807) is 6.07 Å². The van der Waals surface area contributed by atoms with Gasteiger partial charge in [-0.1, -0.05) is 6.92 Å². The van der Waals surface area contributed by atoms with Crippen LogP contribution in [0.4, 0.5) is 10.1 Å². The summed E-state index contributed by atoms with van der Waals surface area (Å²) in [5, 5.41) is 3.32. The number of hydrogen-bond donors (Lipinski definition) is 1. The number of anilines is 1. The molecule has 0 radical (unpaired) electrons. The molecule has 0 saturated heterocycles. The van der Waals surface area contributed by atoms with Gasteiger partial charge >= 0.3 is 0 Å². The molecule has 0 unspecified atom stereocenters. The topological polar surface area (TPSA) is 29.9 Å². The summed E-state index contributed by atoms with van der Waals surface area (Å²) >= 11 is 3.21. The van der Waals surface area contributed by atoms with Crippen molar-refractivity contribution < 1.29 is 4.39 Å². The number of nitrogens with one attached hydrogen (secondary N) is 1. The highest BCUT2D eigenvalue weighted by Gasteiger charge is 2.06. The fourth-order valence-corrected chi connectivity index (χ4v) is 2.30. The van der Waals surface area contributed by atoms with Crippen LogP contribution in [-0.4, -0.2) is 9.55 Å². The molecule has 0 fully saturated rings. The summed E-state index contributed by atoms with van der Waals surface area (Å²) in [6.45, 7) is 5.67. The zero-order valence-corrected chi connectivity index (χ0v) is 12.7. The van der Waals surface area contributed by atoms with Crippen molar-refractivity contribution >= 4 is 21.6 Å². The lowest BCUT2D eigenvalue weighted by Crippen LogP contribution is -2.07. The van der Waals surface area contributed by atoms with Gasteiger partial charge in [0.2, 0.25) is 0 Å². The van der Waals surface area contributed by atoms with Crippen LogP contribution in [0.15, 0.2) is 29.1 Å². The molecule has 1 aromatic heterocycles. The number of benzene rings is 1. The summed E-state index contributed by atoms with van der Waals surface area (Å²) in [6, 6.07) is 3.29. The highest BCUT2D eigenvalue weighted by Crippen LogP contribution is 2.24. The zero-order chi connectivity index (χ0) is 13.8. The second kappa shape index (κ2) is 6.19. The number of hydrogen-bond acceptors (Lipinski definition) is 2. The summed E-state index contributed by atoms with van der Waals surface area (Å²) in [6.07, 6.45) is 4.77. The molecule has 0 atom stereocenters. The van der Waals surface area contributed by atoms with Crippen molar-refractivity contribution in [3.8, 4) is 0 Å². The molecular formula is C14H17BrFN3. The first kappa shape index (κ1) is 14.1. The molecule has 0 bridgehead atoms. The van der Waals surface area contributed by atoms with Crippen molar-refractivity contribution in [2.24, 2.45) is 0 Å². The van der Waals surface area contributed by atoms with Crippen LogP contribution < -0.4 is 5.32 Å². The van der Waals surface area contributed by atoms with Crippen LogP contribution >= 0.6 is 15.9 Å². The van der Waals surface area contributed by atoms with Gasteiger partial charge in [0.25, 0.3) is 0 Å². The van der Waals surface area contributed by atoms with E-state index < -0.39 is 0 Å². The maximum absolute atomic E-state index is 13.3. The maximum Gasteiger partial charge on any atom is 0.137 e. The van der Waals surface area contributed by atoms with Crippen LogP contribution in [0.3, 0.4) is 0 Å². The van der Waals surface area contributed by atoms with Crippen LogP contribution in [-0.2, 0) is 13.1 Å². The fourth-order valence-electron chi connectivity index (χ4n) is 1.96. The molecule has 0 aliphatic carbocycles. The highest BCUT2D eigenvalue weighted by molar-refractivity contribution is 9.10. The molecule has 0 aliphatic rings. The molecule has 1 heterocycles. The van der Waals surface area contributed by atoms with E-state index in [1.807, 2.05) is 19.4 Å². The lowest BCUT2D eigenvalue weighted by atomic mass is 10.2. The molecule has 1 N–H and O–H groups in total. The van der Waals surface area contributed by atoms with Crippen molar-refractivity contribution in [3.63, 3.8) is 0 Å². The molecule has 0 saturated carbocycles. The van der Waals surface area contributed by atoms with Crippen LogP contribution in [0.2, 0.25) is 0 Å². The summed E-state index contributed by atoms with van der Waals surface area (Å²) in [7, 11) is 0. The highest BCUT2D eigenvalue weighted by atomic mass is 79.9. The first-order chi connectivity index (χ1) is 9.11. The smallest absolute Gasteiger partial charge is 0.137 e. The van der Waals surface area contributed by atoms with Crippen LogP contribution in [0, 0.1) is 12.7 Å². The Morgan fingerprint density at radius 1 is 1.42 bits per heavy atom. The van der Waals surface area contributed by atoms with Gasteiger partial charge in [-0.05, 0) is 47.0 Å². The summed E-state index contributed by atoms with van der Waals surface area (Å²) < 4.78 is 15.9. The first-order valence-electron chi connectivity index (χ1n) is 6.30. The molecule has 102 valence electrons. The van der Waals surface area contributed by atoms with Crippen LogP contribution in [0.25, 0.3) is 0 Å². The Hall–Kier alpha value is -1.36. The van der Waals surface area contributed by atoms with Gasteiger partial charge in [0, 0.05) is 18.4 Å². The number of aromatic nitrogens is 2. The van der Waals surface area contributed by atoms with Gasteiger partial charge in [-0.2, -0.15) is 0 Å². The predicted octanol–water partition coefficient (Wildman–Crippen LogP) is 4.12. The van der Waals surface area contributed by atoms with Crippen molar-refractivity contribution in [3.05, 3.63) is 46.2 Å². The average Bonchev–Trinajstić information content (AvgIpc) is 2.80. The SMILES string of the molecule is CCCn1cncc1CNc1cc(Br)c(F)cc1C. The lowest BCUT2D eigenvalue weighted by Gasteiger charge is -2.12. The molecular weight excluding hydrogens is 309 g/mol. The van der Waals surface area contributed by atoms with Crippen molar-refractivity contribution in [1.29, 1.82) is 0 Å². The standard InChI is InChI=1S/C14H17BrFN3/c1-3-4-19-9-17-7-11(19)8-18-14-6-12(15)13(16)5-10(14)2/h5-7,9,18H,3-4,8H2,1-2H3. The summed E-state index contributed by atoms with van der Waals surface area (Å²) in [5.74, 6) is -0.237. The van der Waals surface area contributed by atoms with Crippen molar-refractivity contribution in [2.45, 2.75) is 33.4 Å². The second-order valence-electron chi connectivity index (χ2n) is 4.51. The molecule has 3 nitrogen and oxygen atoms in total. The number of nitrogens with zero attached hydrogens (tertiary/aromatic N) is 2. The van der Waals surface area contributed by atoms with E-state index >= 15 is 0 Å². The number of imidazole rings is 1. The zero-order valence-electron chi connectivity index (χ0n) is 11.1. The van der Waals surface area contributed by atoms with Crippen molar-refractivity contribution in [2.75, 3.05) is 5.32 Å². The molecule has 5 heteroatoms. The minimum absolute atomic E-state index is 0.237. The van der Waals surface area contributed by atoms with E-state index in [2.05, 4.69) is 37.7 Å². The van der Waals surface area contributed by atoms with E-state index in [0.29, 0.717) is 11.0 Å². The molecule has 0 amide bonds. The number of aryl methyl sites for hydroxylation is 2. The molecule has 0 spiro atoms. The molecule has 19 heavy (non-hydrogen) atoms. The first-order valence-corrected chi connectivity index (χ1v) is 7.09. The van der Waals surface area contributed by atoms with E-state index in [1.165, 1.54) is 6.07 Å². The third-order valence-corrected chi connectivity index (χ3v) is 3.60. The lowest BCUT2D eigenvalue weighted by molar-refractivity contribution is 0.620. The van der Waals surface area contributed by atoms with Gasteiger partial charge in [0.1, 0.15) is 5.82 Å². The molecule has 0 aliphatic heterocycles. The van der Waals surface area contributed by atoms with E-state index in [9.17, 15) is 4.39 Å². The summed E-state index contributed by atoms with van der Waals surface area (Å²) in [5.41, 5.74) is 2.95. The second-order valence-corrected chi connectivity index (χ2v) is 5.37. The monoisotopic (exact) mass is 325 g/mol. The van der Waals surface area contributed by atoms with Crippen molar-refractivity contribution in [1.82, 2.24) is 9.55 Å². The number of rotatable bonds is 5. The Labute approximate surface area is 121 Å². The van der Waals surface area contributed by atoms with Gasteiger partial charge in [-0.15, -0.1) is 0 Å². The van der Waals surface area contributed by atoms with E-state index in [0.717, 1.165) is 29.9 Å². The Morgan fingerprint density at radius 3 is 2.95 bits per heavy atom. The van der Waals surface area contributed by atoms with Gasteiger partial charge in [-0.3, -0.25) is 0 Å². The Kier molecular flexibility index (Phi) is 4.58. The van der Waals surface area contributed by atoms with Gasteiger partial charge in [0.15, 0.2) is 0 Å². The minimum atomic E-state index is -0.237. The minimum Gasteiger partial charge on any atom is -0.379 e. The predicted molar refractivity (Wildman–Crippen MR) is 78.7 cm³/mol. The Balaban J connectivity index is 2.10. The van der Waals surface area contributed by atoms with Gasteiger partial charge in [-0.25, -0.2) is 9.37 Å². The van der Waals surface area contributed by atoms with Crippen LogP contribution in [0.5, 0.6) is 0 Å². The van der Waals surface area contributed by atoms with Crippen LogP contribution in [0.1, 0.15) is 24.6 Å². The average molecular weight is 326 g/mol. The number of halogens is 2. The molecule has 1 aromatic carbocycles. The summed E-state index contributed by atoms with van der Waals surface area (Å²) in [4.78, 5) is 4.16. The van der Waals surface area contributed by atoms with E-state index in [-0.39, 0.29) is 5.82 Å². The third kappa shape index (κ3) is 3.35. The quantitative estimate of drug-likeness (QED) is 0.896. The Morgan fingerprint density at radius 2 is 2.21 bits per heavy atom. The maximum atomic E-state index is 13.3. The normalized spacial score (nSPS) is 10.7. The van der Waals surface area contributed by atoms with E-state index in [4.69, 9.17) is 0 Å². The molecule has 2 aromatic rings. The van der Waals surface area contributed by atoms with Gasteiger partial charge in [0.05, 0.1) is 23.0 Å². The Bertz CT molecular complexity index is 566.